The average Bonchev–Trinajstić information content (AvgIpc) is 2.02. The molecular formula is C8H2ClF3N. The Morgan fingerprint density at radius 1 is 1.46 bits per heavy atom. The zero-order valence-electron chi connectivity index (χ0n) is 6.11. The minimum absolute atomic E-state index is 0.0188. The Labute approximate surface area is 77.4 Å². The molecule has 0 aliphatic carbocycles. The van der Waals surface area contributed by atoms with E-state index in [9.17, 15) is 13.2 Å². The van der Waals surface area contributed by atoms with Gasteiger partial charge in [-0.15, -0.1) is 0 Å². The topological polar surface area (TPSA) is 23.8 Å². The van der Waals surface area contributed by atoms with Crippen LogP contribution in [0.4, 0.5) is 13.2 Å². The molecule has 67 valence electrons. The summed E-state index contributed by atoms with van der Waals surface area (Å²) in [4.78, 5) is 0. The molecule has 1 radical (unpaired) electrons. The summed E-state index contributed by atoms with van der Waals surface area (Å²) in [5.41, 5.74) is -0.994. The van der Waals surface area contributed by atoms with Crippen molar-refractivity contribution in [3.8, 4) is 6.07 Å². The molecule has 0 amide bonds. The van der Waals surface area contributed by atoms with Crippen molar-refractivity contribution in [2.24, 2.45) is 0 Å². The highest BCUT2D eigenvalue weighted by Crippen LogP contribution is 2.31. The summed E-state index contributed by atoms with van der Waals surface area (Å²) < 4.78 is 36.1. The normalized spacial score (nSPS) is 11.0. The molecule has 0 atom stereocenters. The first-order valence-electron chi connectivity index (χ1n) is 3.13. The van der Waals surface area contributed by atoms with Gasteiger partial charge < -0.3 is 0 Å². The van der Waals surface area contributed by atoms with Crippen molar-refractivity contribution < 1.29 is 13.2 Å². The third-order valence-electron chi connectivity index (χ3n) is 1.33. The highest BCUT2D eigenvalue weighted by atomic mass is 35.5. The summed E-state index contributed by atoms with van der Waals surface area (Å²) in [6.45, 7) is 0. The minimum atomic E-state index is -4.47. The third-order valence-corrected chi connectivity index (χ3v) is 1.64. The lowest BCUT2D eigenvalue weighted by Crippen LogP contribution is -2.04. The van der Waals surface area contributed by atoms with E-state index in [0.717, 1.165) is 6.07 Å². The fraction of sp³-hybridized carbons (Fsp3) is 0.125. The van der Waals surface area contributed by atoms with E-state index in [1.165, 1.54) is 0 Å². The Balaban J connectivity index is 3.20. The van der Waals surface area contributed by atoms with Gasteiger partial charge in [-0.2, -0.15) is 18.4 Å². The van der Waals surface area contributed by atoms with E-state index in [1.807, 2.05) is 6.07 Å². The zero-order chi connectivity index (χ0) is 10.1. The standard InChI is InChI=1S/C8H2ClF3N/c9-7-3-6(8(10,11)12)2-1-5(7)4-13/h1,3H. The number of nitrogens with zero attached hydrogens (tertiary/aromatic N) is 1. The molecule has 0 bridgehead atoms. The molecule has 0 unspecified atom stereocenters. The van der Waals surface area contributed by atoms with Gasteiger partial charge in [0.25, 0.3) is 0 Å². The van der Waals surface area contributed by atoms with Gasteiger partial charge in [0.2, 0.25) is 0 Å². The fourth-order valence-electron chi connectivity index (χ4n) is 0.714. The monoisotopic (exact) mass is 204 g/mol. The number of halogens is 4. The summed E-state index contributed by atoms with van der Waals surface area (Å²) in [6.07, 6.45) is -4.47. The van der Waals surface area contributed by atoms with Crippen molar-refractivity contribution in [1.29, 1.82) is 5.26 Å². The van der Waals surface area contributed by atoms with E-state index in [1.54, 1.807) is 6.07 Å². The van der Waals surface area contributed by atoms with Gasteiger partial charge >= 0.3 is 6.18 Å². The van der Waals surface area contributed by atoms with E-state index >= 15 is 0 Å². The third kappa shape index (κ3) is 2.13. The van der Waals surface area contributed by atoms with Crippen molar-refractivity contribution in [3.05, 3.63) is 34.3 Å². The van der Waals surface area contributed by atoms with Crippen molar-refractivity contribution in [2.75, 3.05) is 0 Å². The molecule has 0 aliphatic heterocycles. The van der Waals surface area contributed by atoms with Crippen LogP contribution in [0.3, 0.4) is 0 Å². The summed E-state index contributed by atoms with van der Waals surface area (Å²) in [5.74, 6) is 0. The predicted octanol–water partition coefficient (Wildman–Crippen LogP) is 3.03. The number of hydrogen-bond donors (Lipinski definition) is 0. The Morgan fingerprint density at radius 3 is 2.46 bits per heavy atom. The van der Waals surface area contributed by atoms with Crippen LogP contribution in [0.25, 0.3) is 0 Å². The van der Waals surface area contributed by atoms with Gasteiger partial charge in [-0.3, -0.25) is 0 Å². The maximum absolute atomic E-state index is 12.0. The van der Waals surface area contributed by atoms with Crippen LogP contribution in [0.2, 0.25) is 5.02 Å². The number of benzene rings is 1. The molecule has 0 fully saturated rings. The molecule has 1 aromatic carbocycles. The zero-order valence-corrected chi connectivity index (χ0v) is 6.87. The lowest BCUT2D eigenvalue weighted by atomic mass is 10.1. The predicted molar refractivity (Wildman–Crippen MR) is 40.0 cm³/mol. The highest BCUT2D eigenvalue weighted by Gasteiger charge is 2.31. The van der Waals surface area contributed by atoms with Gasteiger partial charge in [0.1, 0.15) is 6.07 Å². The Kier molecular flexibility index (Phi) is 2.48. The molecule has 5 heteroatoms. The Bertz CT molecular complexity index is 365. The van der Waals surface area contributed by atoms with E-state index in [-0.39, 0.29) is 10.6 Å². The van der Waals surface area contributed by atoms with Crippen LogP contribution in [-0.2, 0) is 6.18 Å². The summed E-state index contributed by atoms with van der Waals surface area (Å²) in [7, 11) is 0. The second-order valence-corrected chi connectivity index (χ2v) is 2.63. The quantitative estimate of drug-likeness (QED) is 0.637. The van der Waals surface area contributed by atoms with Gasteiger partial charge in [0.15, 0.2) is 0 Å². The Morgan fingerprint density at radius 2 is 2.08 bits per heavy atom. The lowest BCUT2D eigenvalue weighted by molar-refractivity contribution is -0.137. The van der Waals surface area contributed by atoms with Crippen molar-refractivity contribution in [2.45, 2.75) is 6.18 Å². The molecule has 0 saturated heterocycles. The highest BCUT2D eigenvalue weighted by molar-refractivity contribution is 6.31. The van der Waals surface area contributed by atoms with Crippen LogP contribution >= 0.6 is 11.6 Å². The second kappa shape index (κ2) is 3.27. The Hall–Kier alpha value is -1.21. The van der Waals surface area contributed by atoms with Crippen LogP contribution < -0.4 is 0 Å². The van der Waals surface area contributed by atoms with Crippen molar-refractivity contribution >= 4 is 11.6 Å². The number of alkyl halides is 3. The molecule has 0 aliphatic rings. The van der Waals surface area contributed by atoms with Gasteiger partial charge in [0, 0.05) is 0 Å². The largest absolute Gasteiger partial charge is 0.417 e. The molecule has 0 aromatic heterocycles. The van der Waals surface area contributed by atoms with E-state index < -0.39 is 11.7 Å². The van der Waals surface area contributed by atoms with E-state index in [0.29, 0.717) is 6.07 Å². The first-order chi connectivity index (χ1) is 5.95. The van der Waals surface area contributed by atoms with Gasteiger partial charge in [-0.25, -0.2) is 0 Å². The van der Waals surface area contributed by atoms with Crippen LogP contribution in [0.15, 0.2) is 12.1 Å². The SMILES string of the molecule is N#Cc1c[c]c(C(F)(F)F)cc1Cl. The summed E-state index contributed by atoms with van der Waals surface area (Å²) >= 11 is 5.39. The van der Waals surface area contributed by atoms with E-state index in [4.69, 9.17) is 16.9 Å². The van der Waals surface area contributed by atoms with Gasteiger partial charge in [-0.05, 0) is 18.2 Å². The van der Waals surface area contributed by atoms with Gasteiger partial charge in [-0.1, -0.05) is 11.6 Å². The molecule has 0 N–H and O–H groups in total. The molecule has 0 spiro atoms. The maximum atomic E-state index is 12.0. The minimum Gasteiger partial charge on any atom is -0.192 e. The van der Waals surface area contributed by atoms with Crippen molar-refractivity contribution in [1.82, 2.24) is 0 Å². The first kappa shape index (κ1) is 9.87. The number of hydrogen-bond acceptors (Lipinski definition) is 1. The van der Waals surface area contributed by atoms with Crippen LogP contribution in [0.1, 0.15) is 11.1 Å². The fourth-order valence-corrected chi connectivity index (χ4v) is 0.920. The molecule has 0 saturated carbocycles. The van der Waals surface area contributed by atoms with Crippen LogP contribution in [-0.4, -0.2) is 0 Å². The van der Waals surface area contributed by atoms with E-state index in [2.05, 4.69) is 0 Å². The number of nitriles is 1. The molecule has 13 heavy (non-hydrogen) atoms. The van der Waals surface area contributed by atoms with Crippen LogP contribution in [0.5, 0.6) is 0 Å². The smallest absolute Gasteiger partial charge is 0.192 e. The average molecular weight is 205 g/mol. The summed E-state index contributed by atoms with van der Waals surface area (Å²) in [6, 6.07) is 5.18. The molecular weight excluding hydrogens is 203 g/mol. The summed E-state index contributed by atoms with van der Waals surface area (Å²) in [5, 5.41) is 8.16. The first-order valence-corrected chi connectivity index (χ1v) is 3.51. The molecule has 0 heterocycles. The number of rotatable bonds is 0. The van der Waals surface area contributed by atoms with Crippen molar-refractivity contribution in [3.63, 3.8) is 0 Å². The van der Waals surface area contributed by atoms with Crippen LogP contribution in [0, 0.1) is 17.4 Å². The molecule has 1 rings (SSSR count). The molecule has 1 aromatic rings. The molecule has 1 nitrogen and oxygen atoms in total. The second-order valence-electron chi connectivity index (χ2n) is 2.22. The lowest BCUT2D eigenvalue weighted by Gasteiger charge is -2.05. The van der Waals surface area contributed by atoms with Gasteiger partial charge in [0.05, 0.1) is 16.1 Å². The maximum Gasteiger partial charge on any atom is 0.417 e.